The lowest BCUT2D eigenvalue weighted by molar-refractivity contribution is 0.0950. The van der Waals surface area contributed by atoms with Crippen LogP contribution in [-0.4, -0.2) is 22.4 Å². The van der Waals surface area contributed by atoms with Gasteiger partial charge < -0.3 is 4.90 Å². The van der Waals surface area contributed by atoms with E-state index in [4.69, 9.17) is 4.99 Å². The molecule has 4 rings (SSSR count). The number of thioether (sulfide) groups is 1. The summed E-state index contributed by atoms with van der Waals surface area (Å²) >= 11 is 1.62. The first-order valence-electron chi connectivity index (χ1n) is 7.60. The summed E-state index contributed by atoms with van der Waals surface area (Å²) in [6.07, 6.45) is 2.43. The second-order valence-corrected chi connectivity index (χ2v) is 6.66. The number of hydrogen-bond donors (Lipinski definition) is 0. The van der Waals surface area contributed by atoms with Gasteiger partial charge in [0.15, 0.2) is 11.0 Å². The Hall–Kier alpha value is -2.33. The molecule has 0 bridgehead atoms. The number of rotatable bonds is 4. The number of carbonyl (C=O) groups excluding carboxylic acids is 1. The number of nitrogens with zero attached hydrogens (tertiary/aromatic N) is 2. The highest BCUT2D eigenvalue weighted by Crippen LogP contribution is 2.41. The van der Waals surface area contributed by atoms with Crippen LogP contribution in [-0.2, 0) is 5.54 Å². The number of hydrogen-bond acceptors (Lipinski definition) is 4. The zero-order valence-electron chi connectivity index (χ0n) is 12.6. The number of amidine groups is 1. The van der Waals surface area contributed by atoms with E-state index in [1.165, 1.54) is 0 Å². The van der Waals surface area contributed by atoms with Gasteiger partial charge in [0, 0.05) is 18.2 Å². The zero-order valence-corrected chi connectivity index (χ0v) is 13.4. The molecule has 3 nitrogen and oxygen atoms in total. The van der Waals surface area contributed by atoms with E-state index in [2.05, 4.69) is 17.0 Å². The van der Waals surface area contributed by atoms with Crippen LogP contribution in [0.25, 0.3) is 0 Å². The molecule has 1 unspecified atom stereocenters. The lowest BCUT2D eigenvalue weighted by Gasteiger charge is -2.27. The topological polar surface area (TPSA) is 32.7 Å². The van der Waals surface area contributed by atoms with Crippen LogP contribution in [0, 0.1) is 0 Å². The van der Waals surface area contributed by atoms with Crippen molar-refractivity contribution in [3.05, 3.63) is 83.4 Å². The van der Waals surface area contributed by atoms with Crippen molar-refractivity contribution in [2.75, 3.05) is 6.54 Å². The molecular weight excluding hydrogens is 304 g/mol. The molecule has 2 aliphatic rings. The minimum Gasteiger partial charge on any atom is -0.324 e. The molecule has 4 heteroatoms. The molecule has 0 aliphatic carbocycles. The van der Waals surface area contributed by atoms with Gasteiger partial charge in [0.05, 0.1) is 6.54 Å². The Bertz CT molecular complexity index is 786. The van der Waals surface area contributed by atoms with Crippen molar-refractivity contribution in [1.82, 2.24) is 4.90 Å². The van der Waals surface area contributed by atoms with Crippen LogP contribution in [0.4, 0.5) is 0 Å². The van der Waals surface area contributed by atoms with E-state index in [0.717, 1.165) is 16.3 Å². The number of Topliss-reactive ketones (excluding diaryl/α,β-unsaturated/α-hetero) is 1. The van der Waals surface area contributed by atoms with E-state index in [9.17, 15) is 4.79 Å². The summed E-state index contributed by atoms with van der Waals surface area (Å²) in [4.78, 5) is 19.9. The molecule has 0 fully saturated rings. The molecule has 0 aromatic heterocycles. The van der Waals surface area contributed by atoms with E-state index in [0.29, 0.717) is 13.0 Å². The molecule has 0 spiro atoms. The summed E-state index contributed by atoms with van der Waals surface area (Å²) in [5, 5.41) is 3.02. The Kier molecular flexibility index (Phi) is 3.54. The van der Waals surface area contributed by atoms with E-state index in [-0.39, 0.29) is 5.78 Å². The molecule has 2 aromatic carbocycles. The molecule has 23 heavy (non-hydrogen) atoms. The van der Waals surface area contributed by atoms with E-state index in [1.54, 1.807) is 11.8 Å². The first-order valence-corrected chi connectivity index (χ1v) is 8.48. The summed E-state index contributed by atoms with van der Waals surface area (Å²) < 4.78 is 0. The van der Waals surface area contributed by atoms with Gasteiger partial charge in [-0.25, -0.2) is 4.99 Å². The minimum atomic E-state index is -0.499. The van der Waals surface area contributed by atoms with Gasteiger partial charge in [-0.1, -0.05) is 72.4 Å². The molecule has 114 valence electrons. The SMILES string of the molecule is O=C(CC1(c2ccccc2)CN2C=CSC2=N1)c1ccccc1. The van der Waals surface area contributed by atoms with E-state index < -0.39 is 5.54 Å². The maximum atomic E-state index is 12.8. The Morgan fingerprint density at radius 2 is 1.78 bits per heavy atom. The molecule has 2 aliphatic heterocycles. The van der Waals surface area contributed by atoms with E-state index >= 15 is 0 Å². The summed E-state index contributed by atoms with van der Waals surface area (Å²) in [5.74, 6) is 0.133. The van der Waals surface area contributed by atoms with Crippen molar-refractivity contribution in [1.29, 1.82) is 0 Å². The molecule has 0 N–H and O–H groups in total. The van der Waals surface area contributed by atoms with Crippen molar-refractivity contribution in [3.63, 3.8) is 0 Å². The van der Waals surface area contributed by atoms with Crippen LogP contribution in [0.1, 0.15) is 22.3 Å². The van der Waals surface area contributed by atoms with Gasteiger partial charge in [0.2, 0.25) is 0 Å². The largest absolute Gasteiger partial charge is 0.324 e. The molecule has 2 heterocycles. The highest BCUT2D eigenvalue weighted by molar-refractivity contribution is 8.16. The monoisotopic (exact) mass is 320 g/mol. The third kappa shape index (κ3) is 2.59. The normalized spacial score (nSPS) is 22.1. The van der Waals surface area contributed by atoms with Crippen molar-refractivity contribution < 1.29 is 4.79 Å². The molecule has 0 radical (unpaired) electrons. The first kappa shape index (κ1) is 14.3. The van der Waals surface area contributed by atoms with Crippen molar-refractivity contribution in [2.45, 2.75) is 12.0 Å². The predicted molar refractivity (Wildman–Crippen MR) is 94.4 cm³/mol. The summed E-state index contributed by atoms with van der Waals surface area (Å²) in [6.45, 7) is 0.717. The minimum absolute atomic E-state index is 0.133. The van der Waals surface area contributed by atoms with Gasteiger partial charge in [-0.05, 0) is 11.0 Å². The van der Waals surface area contributed by atoms with Crippen LogP contribution in [0.5, 0.6) is 0 Å². The second kappa shape index (κ2) is 5.70. The van der Waals surface area contributed by atoms with Gasteiger partial charge in [0.1, 0.15) is 5.54 Å². The fraction of sp³-hybridized carbons (Fsp3) is 0.158. The van der Waals surface area contributed by atoms with E-state index in [1.807, 2.05) is 60.1 Å². The number of carbonyl (C=O) groups is 1. The summed E-state index contributed by atoms with van der Waals surface area (Å²) in [5.41, 5.74) is 1.35. The predicted octanol–water partition coefficient (Wildman–Crippen LogP) is 4.04. The zero-order chi connectivity index (χ0) is 15.7. The standard InChI is InChI=1S/C19H16N2OS/c22-17(15-7-3-1-4-8-15)13-19(16-9-5-2-6-10-16)14-21-11-12-23-18(21)20-19/h1-12H,13-14H2. The number of aliphatic imine (C=N–C) groups is 1. The lowest BCUT2D eigenvalue weighted by atomic mass is 9.84. The fourth-order valence-corrected chi connectivity index (χ4v) is 3.92. The molecule has 0 saturated carbocycles. The summed E-state index contributed by atoms with van der Waals surface area (Å²) in [6, 6.07) is 19.6. The number of benzene rings is 2. The molecular formula is C19H16N2OS. The van der Waals surface area contributed by atoms with Crippen LogP contribution >= 0.6 is 11.8 Å². The second-order valence-electron chi connectivity index (χ2n) is 5.79. The van der Waals surface area contributed by atoms with Gasteiger partial charge in [-0.15, -0.1) is 0 Å². The Morgan fingerprint density at radius 1 is 1.09 bits per heavy atom. The highest BCUT2D eigenvalue weighted by atomic mass is 32.2. The van der Waals surface area contributed by atoms with Crippen molar-refractivity contribution in [2.24, 2.45) is 4.99 Å². The van der Waals surface area contributed by atoms with Gasteiger partial charge in [0.25, 0.3) is 0 Å². The van der Waals surface area contributed by atoms with Crippen LogP contribution in [0.3, 0.4) is 0 Å². The van der Waals surface area contributed by atoms with Gasteiger partial charge in [-0.3, -0.25) is 4.79 Å². The third-order valence-corrected chi connectivity index (χ3v) is 5.06. The number of ketones is 1. The first-order chi connectivity index (χ1) is 11.3. The molecule has 0 amide bonds. The Labute approximate surface area is 139 Å². The van der Waals surface area contributed by atoms with Crippen LogP contribution < -0.4 is 0 Å². The Balaban J connectivity index is 1.70. The summed E-state index contributed by atoms with van der Waals surface area (Å²) in [7, 11) is 0. The third-order valence-electron chi connectivity index (χ3n) is 4.26. The van der Waals surface area contributed by atoms with Crippen molar-refractivity contribution >= 4 is 22.7 Å². The van der Waals surface area contributed by atoms with Crippen LogP contribution in [0.2, 0.25) is 0 Å². The Morgan fingerprint density at radius 3 is 2.48 bits per heavy atom. The average molecular weight is 320 g/mol. The molecule has 0 saturated heterocycles. The fourth-order valence-electron chi connectivity index (χ4n) is 3.10. The van der Waals surface area contributed by atoms with Crippen molar-refractivity contribution in [3.8, 4) is 0 Å². The smallest absolute Gasteiger partial charge is 0.168 e. The number of fused-ring (bicyclic) bond motifs is 1. The molecule has 1 atom stereocenters. The maximum absolute atomic E-state index is 12.8. The van der Waals surface area contributed by atoms with Crippen LogP contribution in [0.15, 0.2) is 77.3 Å². The highest BCUT2D eigenvalue weighted by Gasteiger charge is 2.43. The van der Waals surface area contributed by atoms with Gasteiger partial charge >= 0.3 is 0 Å². The average Bonchev–Trinajstić information content (AvgIpc) is 3.16. The quantitative estimate of drug-likeness (QED) is 0.797. The maximum Gasteiger partial charge on any atom is 0.168 e. The molecule has 2 aromatic rings. The van der Waals surface area contributed by atoms with Gasteiger partial charge in [-0.2, -0.15) is 0 Å². The lowest BCUT2D eigenvalue weighted by Crippen LogP contribution is -2.33.